The summed E-state index contributed by atoms with van der Waals surface area (Å²) < 4.78 is 10.9. The Labute approximate surface area is 127 Å². The van der Waals surface area contributed by atoms with Crippen LogP contribution in [0.2, 0.25) is 0 Å². The summed E-state index contributed by atoms with van der Waals surface area (Å²) in [6, 6.07) is 9.44. The van der Waals surface area contributed by atoms with E-state index < -0.39 is 0 Å². The van der Waals surface area contributed by atoms with E-state index in [2.05, 4.69) is 41.4 Å². The molecular formula is C17H26N2O2. The number of hydrogen-bond donors (Lipinski definition) is 1. The van der Waals surface area contributed by atoms with Crippen molar-refractivity contribution < 1.29 is 9.47 Å². The molecule has 0 radical (unpaired) electrons. The van der Waals surface area contributed by atoms with Gasteiger partial charge < -0.3 is 19.7 Å². The minimum atomic E-state index is 0.520. The van der Waals surface area contributed by atoms with Gasteiger partial charge in [0.15, 0.2) is 0 Å². The lowest BCUT2D eigenvalue weighted by atomic mass is 10.0. The molecule has 0 aliphatic carbocycles. The quantitative estimate of drug-likeness (QED) is 0.900. The molecule has 2 atom stereocenters. The number of nitrogens with zero attached hydrogens (tertiary/aromatic N) is 1. The first-order chi connectivity index (χ1) is 10.3. The zero-order valence-electron chi connectivity index (χ0n) is 12.9. The monoisotopic (exact) mass is 290 g/mol. The second kappa shape index (κ2) is 7.25. The van der Waals surface area contributed by atoms with E-state index in [-0.39, 0.29) is 0 Å². The van der Waals surface area contributed by atoms with Crippen molar-refractivity contribution in [1.29, 1.82) is 0 Å². The molecule has 1 aromatic rings. The topological polar surface area (TPSA) is 33.7 Å². The average molecular weight is 290 g/mol. The molecule has 2 heterocycles. The van der Waals surface area contributed by atoms with E-state index in [1.165, 1.54) is 17.7 Å². The van der Waals surface area contributed by atoms with Crippen molar-refractivity contribution in [3.63, 3.8) is 0 Å². The van der Waals surface area contributed by atoms with Crippen LogP contribution in [-0.2, 0) is 16.0 Å². The van der Waals surface area contributed by atoms with Gasteiger partial charge in [-0.15, -0.1) is 0 Å². The lowest BCUT2D eigenvalue weighted by Crippen LogP contribution is -2.36. The maximum absolute atomic E-state index is 5.46. The van der Waals surface area contributed by atoms with Crippen LogP contribution < -0.4 is 10.2 Å². The number of anilines is 1. The Morgan fingerprint density at radius 3 is 2.57 bits per heavy atom. The van der Waals surface area contributed by atoms with Gasteiger partial charge in [0.2, 0.25) is 0 Å². The van der Waals surface area contributed by atoms with Crippen LogP contribution in [0.3, 0.4) is 0 Å². The SMILES string of the molecule is CC(NCc1ccc(N2CCOCC2)cc1)C1CCOC1. The smallest absolute Gasteiger partial charge is 0.0642 e. The number of benzene rings is 1. The first-order valence-corrected chi connectivity index (χ1v) is 8.06. The highest BCUT2D eigenvalue weighted by molar-refractivity contribution is 5.47. The Balaban J connectivity index is 1.49. The normalized spacial score (nSPS) is 24.2. The van der Waals surface area contributed by atoms with Crippen LogP contribution in [0.5, 0.6) is 0 Å². The first kappa shape index (κ1) is 14.8. The van der Waals surface area contributed by atoms with Gasteiger partial charge in [-0.1, -0.05) is 12.1 Å². The summed E-state index contributed by atoms with van der Waals surface area (Å²) >= 11 is 0. The summed E-state index contributed by atoms with van der Waals surface area (Å²) in [4.78, 5) is 2.39. The summed E-state index contributed by atoms with van der Waals surface area (Å²) in [5, 5.41) is 3.63. The average Bonchev–Trinajstić information content (AvgIpc) is 3.08. The van der Waals surface area contributed by atoms with Crippen LogP contribution in [0, 0.1) is 5.92 Å². The second-order valence-corrected chi connectivity index (χ2v) is 6.06. The second-order valence-electron chi connectivity index (χ2n) is 6.06. The van der Waals surface area contributed by atoms with E-state index in [9.17, 15) is 0 Å². The lowest BCUT2D eigenvalue weighted by Gasteiger charge is -2.29. The molecule has 3 rings (SSSR count). The van der Waals surface area contributed by atoms with Gasteiger partial charge in [-0.05, 0) is 37.0 Å². The molecule has 0 aromatic heterocycles. The van der Waals surface area contributed by atoms with Crippen molar-refractivity contribution in [2.24, 2.45) is 5.92 Å². The van der Waals surface area contributed by atoms with Gasteiger partial charge >= 0.3 is 0 Å². The molecule has 0 amide bonds. The maximum Gasteiger partial charge on any atom is 0.0642 e. The molecule has 1 N–H and O–H groups in total. The van der Waals surface area contributed by atoms with Crippen molar-refractivity contribution in [2.45, 2.75) is 25.9 Å². The zero-order chi connectivity index (χ0) is 14.5. The highest BCUT2D eigenvalue weighted by Crippen LogP contribution is 2.18. The largest absolute Gasteiger partial charge is 0.381 e. The third-order valence-electron chi connectivity index (χ3n) is 4.61. The van der Waals surface area contributed by atoms with Gasteiger partial charge in [0.25, 0.3) is 0 Å². The third-order valence-corrected chi connectivity index (χ3v) is 4.61. The molecule has 4 nitrogen and oxygen atoms in total. The van der Waals surface area contributed by atoms with Gasteiger partial charge in [0.1, 0.15) is 0 Å². The van der Waals surface area contributed by atoms with Crippen molar-refractivity contribution in [2.75, 3.05) is 44.4 Å². The molecule has 116 valence electrons. The molecule has 2 fully saturated rings. The Morgan fingerprint density at radius 2 is 1.90 bits per heavy atom. The van der Waals surface area contributed by atoms with Crippen molar-refractivity contribution in [3.8, 4) is 0 Å². The fraction of sp³-hybridized carbons (Fsp3) is 0.647. The number of rotatable bonds is 5. The van der Waals surface area contributed by atoms with Crippen LogP contribution in [0.1, 0.15) is 18.9 Å². The van der Waals surface area contributed by atoms with Gasteiger partial charge in [-0.2, -0.15) is 0 Å². The van der Waals surface area contributed by atoms with Gasteiger partial charge in [0.05, 0.1) is 19.8 Å². The van der Waals surface area contributed by atoms with E-state index in [1.807, 2.05) is 0 Å². The Hall–Kier alpha value is -1.10. The van der Waals surface area contributed by atoms with Crippen molar-refractivity contribution >= 4 is 5.69 Å². The standard InChI is InChI=1S/C17H26N2O2/c1-14(16-6-9-21-13-16)18-12-15-2-4-17(5-3-15)19-7-10-20-11-8-19/h2-5,14,16,18H,6-13H2,1H3. The minimum absolute atomic E-state index is 0.520. The summed E-state index contributed by atoms with van der Waals surface area (Å²) in [5.74, 6) is 0.664. The number of morpholine rings is 1. The van der Waals surface area contributed by atoms with Crippen LogP contribution in [0.25, 0.3) is 0 Å². The van der Waals surface area contributed by atoms with Crippen LogP contribution in [0.15, 0.2) is 24.3 Å². The highest BCUT2D eigenvalue weighted by Gasteiger charge is 2.21. The predicted octanol–water partition coefficient (Wildman–Crippen LogP) is 2.04. The Bertz CT molecular complexity index is 423. The molecule has 0 bridgehead atoms. The molecule has 21 heavy (non-hydrogen) atoms. The van der Waals surface area contributed by atoms with Crippen molar-refractivity contribution in [3.05, 3.63) is 29.8 Å². The molecule has 2 aliphatic rings. The fourth-order valence-corrected chi connectivity index (χ4v) is 3.04. The molecule has 2 unspecified atom stereocenters. The summed E-state index contributed by atoms with van der Waals surface area (Å²) in [6.07, 6.45) is 1.18. The molecule has 0 spiro atoms. The summed E-state index contributed by atoms with van der Waals surface area (Å²) in [6.45, 7) is 8.69. The molecule has 4 heteroatoms. The van der Waals surface area contributed by atoms with Crippen LogP contribution in [-0.4, -0.2) is 45.6 Å². The summed E-state index contributed by atoms with van der Waals surface area (Å²) in [5.41, 5.74) is 2.65. The fourth-order valence-electron chi connectivity index (χ4n) is 3.04. The Kier molecular flexibility index (Phi) is 5.12. The molecular weight excluding hydrogens is 264 g/mol. The lowest BCUT2D eigenvalue weighted by molar-refractivity contribution is 0.122. The van der Waals surface area contributed by atoms with Crippen molar-refractivity contribution in [1.82, 2.24) is 5.32 Å². The molecule has 1 aromatic carbocycles. The molecule has 0 saturated carbocycles. The van der Waals surface area contributed by atoms with Crippen LogP contribution >= 0.6 is 0 Å². The highest BCUT2D eigenvalue weighted by atomic mass is 16.5. The third kappa shape index (κ3) is 3.96. The van der Waals surface area contributed by atoms with Gasteiger partial charge in [-0.25, -0.2) is 0 Å². The van der Waals surface area contributed by atoms with E-state index in [0.717, 1.165) is 46.1 Å². The summed E-state index contributed by atoms with van der Waals surface area (Å²) in [7, 11) is 0. The number of hydrogen-bond acceptors (Lipinski definition) is 4. The van der Waals surface area contributed by atoms with E-state index in [4.69, 9.17) is 9.47 Å². The van der Waals surface area contributed by atoms with E-state index in [1.54, 1.807) is 0 Å². The first-order valence-electron chi connectivity index (χ1n) is 8.06. The van der Waals surface area contributed by atoms with E-state index >= 15 is 0 Å². The van der Waals surface area contributed by atoms with Gasteiger partial charge in [-0.3, -0.25) is 0 Å². The zero-order valence-corrected chi connectivity index (χ0v) is 12.9. The van der Waals surface area contributed by atoms with Crippen LogP contribution in [0.4, 0.5) is 5.69 Å². The Morgan fingerprint density at radius 1 is 1.14 bits per heavy atom. The van der Waals surface area contributed by atoms with E-state index in [0.29, 0.717) is 12.0 Å². The minimum Gasteiger partial charge on any atom is -0.381 e. The number of nitrogens with one attached hydrogen (secondary N) is 1. The predicted molar refractivity (Wildman–Crippen MR) is 84.7 cm³/mol. The number of ether oxygens (including phenoxy) is 2. The maximum atomic E-state index is 5.46. The molecule has 2 aliphatic heterocycles. The van der Waals surface area contributed by atoms with Gasteiger partial charge in [0, 0.05) is 38.0 Å². The molecule has 2 saturated heterocycles.